The normalized spacial score (nSPS) is 13.5. The van der Waals surface area contributed by atoms with E-state index in [1.54, 1.807) is 0 Å². The van der Waals surface area contributed by atoms with Gasteiger partial charge in [-0.1, -0.05) is 0 Å². The standard InChI is InChI=1S/C2H8O7SSi/c1-2-10(3,4)8-9-11(5,6)7/h5-7H,2H2,1H3. The Hall–Kier alpha value is -0.0331. The highest BCUT2D eigenvalue weighted by atomic mass is 32.2. The van der Waals surface area contributed by atoms with Gasteiger partial charge in [0, 0.05) is 0 Å². The fraction of sp³-hybridized carbons (Fsp3) is 1.00. The first kappa shape index (κ1) is 11.0. The lowest BCUT2D eigenvalue weighted by Crippen LogP contribution is -2.39. The molecule has 0 fully saturated rings. The van der Waals surface area contributed by atoms with E-state index in [1.807, 2.05) is 0 Å². The molecule has 0 saturated heterocycles. The van der Waals surface area contributed by atoms with Gasteiger partial charge in [-0.15, -0.1) is 4.33 Å². The van der Waals surface area contributed by atoms with Gasteiger partial charge in [0.2, 0.25) is 0 Å². The molecule has 0 aliphatic carbocycles. The Morgan fingerprint density at radius 2 is 1.82 bits per heavy atom. The smallest absolute Gasteiger partial charge is 0.366 e. The molecule has 0 bridgehead atoms. The molecule has 7 nitrogen and oxygen atoms in total. The van der Waals surface area contributed by atoms with Crippen LogP contribution in [0, 0.1) is 0 Å². The van der Waals surface area contributed by atoms with Gasteiger partial charge in [0.25, 0.3) is 10.1 Å². The van der Waals surface area contributed by atoms with Crippen LogP contribution in [-0.4, -0.2) is 37.6 Å². The number of rotatable bonds is 4. The maximum absolute atomic E-state index is 10.4. The van der Waals surface area contributed by atoms with Crippen LogP contribution in [0.3, 0.4) is 0 Å². The highest BCUT2D eigenvalue weighted by Crippen LogP contribution is 1.97. The van der Waals surface area contributed by atoms with E-state index in [0.717, 1.165) is 0 Å². The fourth-order valence-corrected chi connectivity index (χ4v) is 1.02. The molecule has 0 amide bonds. The molecule has 0 saturated carbocycles. The summed E-state index contributed by atoms with van der Waals surface area (Å²) < 4.78 is 27.7. The van der Waals surface area contributed by atoms with Crippen molar-refractivity contribution in [3.8, 4) is 0 Å². The summed E-state index contributed by atoms with van der Waals surface area (Å²) >= 11 is 0. The molecule has 0 aromatic rings. The highest BCUT2D eigenvalue weighted by molar-refractivity contribution is 7.86. The Morgan fingerprint density at radius 1 is 1.36 bits per heavy atom. The Labute approximate surface area is 64.4 Å². The molecule has 0 aliphatic heterocycles. The molecule has 68 valence electrons. The van der Waals surface area contributed by atoms with E-state index < -0.39 is 24.9 Å². The molecule has 0 aliphatic rings. The molecule has 9 heteroatoms. The molecule has 0 aromatic heterocycles. The molecule has 11 heavy (non-hydrogen) atoms. The van der Waals surface area contributed by atoms with E-state index in [4.69, 9.17) is 14.4 Å². The topological polar surface area (TPSA) is 113 Å². The molecule has 0 rings (SSSR count). The predicted molar refractivity (Wildman–Crippen MR) is 34.0 cm³/mol. The van der Waals surface area contributed by atoms with Crippen molar-refractivity contribution in [1.29, 1.82) is 0 Å². The van der Waals surface area contributed by atoms with E-state index in [1.165, 1.54) is 6.92 Å². The van der Waals surface area contributed by atoms with E-state index in [9.17, 15) is 8.42 Å². The van der Waals surface area contributed by atoms with E-state index in [2.05, 4.69) is 8.91 Å². The van der Waals surface area contributed by atoms with Gasteiger partial charge in [-0.3, -0.25) is 0 Å². The molecule has 0 spiro atoms. The summed E-state index contributed by atoms with van der Waals surface area (Å²) in [4.78, 5) is 24.3. The third-order valence-corrected chi connectivity index (χ3v) is 2.01. The lowest BCUT2D eigenvalue weighted by Gasteiger charge is -2.06. The zero-order chi connectivity index (χ0) is 9.12. The van der Waals surface area contributed by atoms with Gasteiger partial charge in [-0.2, -0.15) is 13.0 Å². The summed E-state index contributed by atoms with van der Waals surface area (Å²) in [5, 5.41) is 0. The van der Waals surface area contributed by atoms with Crippen LogP contribution in [-0.2, 0) is 19.0 Å². The monoisotopic (exact) mass is 204 g/mol. The van der Waals surface area contributed by atoms with Crippen LogP contribution in [0.15, 0.2) is 0 Å². The summed E-state index contributed by atoms with van der Waals surface area (Å²) in [6.07, 6.45) is 0. The molecule has 0 atom stereocenters. The van der Waals surface area contributed by atoms with E-state index in [0.29, 0.717) is 0 Å². The molecule has 3 N–H and O–H groups in total. The van der Waals surface area contributed by atoms with E-state index >= 15 is 0 Å². The summed E-state index contributed by atoms with van der Waals surface area (Å²) in [6, 6.07) is 0. The molecule has 0 unspecified atom stereocenters. The van der Waals surface area contributed by atoms with Crippen molar-refractivity contribution in [2.45, 2.75) is 6.92 Å². The number of hydrogen-bond donors (Lipinski definition) is 3. The Kier molecular flexibility index (Phi) is 3.57. The quantitative estimate of drug-likeness (QED) is 0.268. The average molecular weight is 204 g/mol. The Morgan fingerprint density at radius 3 is 2.09 bits per heavy atom. The van der Waals surface area contributed by atoms with Crippen molar-refractivity contribution >= 4 is 19.2 Å². The molecule has 0 radical (unpaired) electrons. The van der Waals surface area contributed by atoms with Crippen LogP contribution >= 0.6 is 0 Å². The average Bonchev–Trinajstić information content (AvgIpc) is 1.83. The molecular weight excluding hydrogens is 196 g/mol. The van der Waals surface area contributed by atoms with Gasteiger partial charge in [0.05, 0.1) is 5.75 Å². The molecule has 0 heterocycles. The Bertz CT molecular complexity index is 201. The summed E-state index contributed by atoms with van der Waals surface area (Å²) in [7, 11) is -8.80. The van der Waals surface area contributed by atoms with Gasteiger partial charge in [-0.25, -0.2) is 0 Å². The maximum Gasteiger partial charge on any atom is 0.700 e. The van der Waals surface area contributed by atoms with Gasteiger partial charge in [0.1, 0.15) is 0 Å². The van der Waals surface area contributed by atoms with Crippen LogP contribution in [0.2, 0.25) is 0 Å². The van der Waals surface area contributed by atoms with Crippen LogP contribution < -0.4 is 0 Å². The Balaban J connectivity index is 3.91. The zero-order valence-electron chi connectivity index (χ0n) is 5.59. The van der Waals surface area contributed by atoms with Gasteiger partial charge < -0.3 is 14.4 Å². The van der Waals surface area contributed by atoms with Crippen molar-refractivity contribution in [2.75, 3.05) is 5.75 Å². The second-order valence-corrected chi connectivity index (χ2v) is 4.71. The first-order valence-corrected chi connectivity index (χ1v) is 5.86. The minimum atomic E-state index is -4.88. The maximum atomic E-state index is 10.4. The second-order valence-electron chi connectivity index (χ2n) is 1.57. The summed E-state index contributed by atoms with van der Waals surface area (Å²) in [6.45, 7) is 1.26. The predicted octanol–water partition coefficient (Wildman–Crippen LogP) is -2.30. The van der Waals surface area contributed by atoms with Crippen LogP contribution in [0.1, 0.15) is 6.92 Å². The van der Waals surface area contributed by atoms with Gasteiger partial charge >= 0.3 is 9.05 Å². The highest BCUT2D eigenvalue weighted by Gasteiger charge is 2.34. The van der Waals surface area contributed by atoms with Crippen molar-refractivity contribution in [1.82, 2.24) is 0 Å². The first-order valence-electron chi connectivity index (χ1n) is 2.54. The second kappa shape index (κ2) is 3.58. The number of hydrogen-bond acceptors (Lipinski definition) is 7. The van der Waals surface area contributed by atoms with Crippen molar-refractivity contribution in [3.05, 3.63) is 0 Å². The van der Waals surface area contributed by atoms with Crippen molar-refractivity contribution in [2.24, 2.45) is 0 Å². The first-order chi connectivity index (χ1) is 4.77. The van der Waals surface area contributed by atoms with E-state index in [-0.39, 0.29) is 0 Å². The zero-order valence-corrected chi connectivity index (χ0v) is 7.41. The third kappa shape index (κ3) is 6.37. The van der Waals surface area contributed by atoms with Crippen LogP contribution in [0.5, 0.6) is 0 Å². The molecular formula is C2H8O7SSi. The third-order valence-electron chi connectivity index (χ3n) is 0.603. The van der Waals surface area contributed by atoms with Gasteiger partial charge in [0.15, 0.2) is 0 Å². The summed E-state index contributed by atoms with van der Waals surface area (Å²) in [5.41, 5.74) is 0. The minimum Gasteiger partial charge on any atom is -0.366 e. The van der Waals surface area contributed by atoms with Crippen molar-refractivity contribution < 1.29 is 31.7 Å². The van der Waals surface area contributed by atoms with Crippen LogP contribution in [0.4, 0.5) is 0 Å². The minimum absolute atomic E-state index is 0.391. The lowest BCUT2D eigenvalue weighted by molar-refractivity contribution is -0.172. The van der Waals surface area contributed by atoms with Crippen molar-refractivity contribution in [3.63, 3.8) is 0 Å². The molecule has 0 aromatic carbocycles. The largest absolute Gasteiger partial charge is 0.700 e. The van der Waals surface area contributed by atoms with Crippen LogP contribution in [0.25, 0.3) is 0 Å². The van der Waals surface area contributed by atoms with Gasteiger partial charge in [-0.05, 0) is 6.92 Å². The SMILES string of the molecule is CCS(=O)(=O)OO[Si](O)(O)O. The summed E-state index contributed by atoms with van der Waals surface area (Å²) in [5.74, 6) is -0.391. The lowest BCUT2D eigenvalue weighted by atomic mass is 11.0. The fourth-order valence-electron chi connectivity index (χ4n) is 0.146.